The molecule has 0 radical (unpaired) electrons. The fourth-order valence-corrected chi connectivity index (χ4v) is 3.51. The maximum absolute atomic E-state index is 11.3. The molecule has 1 saturated carbocycles. The smallest absolute Gasteiger partial charge is 0.239 e. The third-order valence-corrected chi connectivity index (χ3v) is 5.48. The van der Waals surface area contributed by atoms with E-state index in [9.17, 15) is 4.79 Å². The van der Waals surface area contributed by atoms with Crippen molar-refractivity contribution in [3.8, 4) is 11.6 Å². The lowest BCUT2D eigenvalue weighted by Gasteiger charge is -2.22. The molecule has 0 saturated heterocycles. The Hall–Kier alpha value is -2.63. The third-order valence-electron chi connectivity index (χ3n) is 5.48. The summed E-state index contributed by atoms with van der Waals surface area (Å²) in [5, 5.41) is 0. The van der Waals surface area contributed by atoms with Crippen molar-refractivity contribution in [3.05, 3.63) is 42.2 Å². The number of nitrogens with zero attached hydrogens (tertiary/aromatic N) is 4. The summed E-state index contributed by atoms with van der Waals surface area (Å²) < 4.78 is 5.91. The van der Waals surface area contributed by atoms with Crippen LogP contribution in [0.15, 0.2) is 36.7 Å². The van der Waals surface area contributed by atoms with Crippen LogP contribution in [-0.2, 0) is 4.79 Å². The van der Waals surface area contributed by atoms with E-state index in [0.717, 1.165) is 5.75 Å². The van der Waals surface area contributed by atoms with E-state index in [1.807, 2.05) is 24.1 Å². The molecule has 150 valence electrons. The minimum Gasteiger partial charge on any atom is -0.437 e. The second-order valence-corrected chi connectivity index (χ2v) is 7.58. The van der Waals surface area contributed by atoms with Crippen LogP contribution >= 0.6 is 0 Å². The molecular formula is C22H30N4O2. The van der Waals surface area contributed by atoms with Gasteiger partial charge in [-0.1, -0.05) is 31.4 Å². The molecule has 1 heterocycles. The van der Waals surface area contributed by atoms with Crippen molar-refractivity contribution in [3.63, 3.8) is 0 Å². The van der Waals surface area contributed by atoms with Crippen molar-refractivity contribution < 1.29 is 9.53 Å². The molecule has 0 atom stereocenters. The Bertz CT molecular complexity index is 772. The minimum absolute atomic E-state index is 0.0493. The first-order valence-corrected chi connectivity index (χ1v) is 10.1. The van der Waals surface area contributed by atoms with Crippen LogP contribution in [0.1, 0.15) is 50.5 Å². The zero-order chi connectivity index (χ0) is 19.9. The standard InChI is InChI=1S/C22H30N4O2/c1-17(27)25(2)13-14-26(3)21-15-23-16-22(24-21)28-20-11-9-19(10-12-20)18-7-5-4-6-8-18/h9-12,15-16,18H,4-8,13-14H2,1-3H3. The molecule has 1 aliphatic rings. The lowest BCUT2D eigenvalue weighted by Crippen LogP contribution is -2.33. The molecule has 2 aromatic rings. The number of aromatic nitrogens is 2. The summed E-state index contributed by atoms with van der Waals surface area (Å²) in [6.07, 6.45) is 9.94. The van der Waals surface area contributed by atoms with Gasteiger partial charge in [0.15, 0.2) is 5.82 Å². The molecule has 28 heavy (non-hydrogen) atoms. The predicted molar refractivity (Wildman–Crippen MR) is 111 cm³/mol. The number of hydrogen-bond acceptors (Lipinski definition) is 5. The van der Waals surface area contributed by atoms with Gasteiger partial charge >= 0.3 is 0 Å². The number of likely N-dealkylation sites (N-methyl/N-ethyl adjacent to an activating group) is 2. The maximum atomic E-state index is 11.3. The molecular weight excluding hydrogens is 352 g/mol. The number of benzene rings is 1. The Balaban J connectivity index is 1.60. The summed E-state index contributed by atoms with van der Waals surface area (Å²) in [7, 11) is 3.72. The van der Waals surface area contributed by atoms with Gasteiger partial charge in [-0.05, 0) is 36.5 Å². The minimum atomic E-state index is 0.0493. The van der Waals surface area contributed by atoms with E-state index in [1.165, 1.54) is 37.7 Å². The fraction of sp³-hybridized carbons (Fsp3) is 0.500. The lowest BCUT2D eigenvalue weighted by molar-refractivity contribution is -0.127. The molecule has 3 rings (SSSR count). The number of anilines is 1. The molecule has 1 aliphatic carbocycles. The zero-order valence-electron chi connectivity index (χ0n) is 17.1. The highest BCUT2D eigenvalue weighted by Gasteiger charge is 2.15. The molecule has 1 aromatic carbocycles. The molecule has 0 spiro atoms. The van der Waals surface area contributed by atoms with Crippen LogP contribution < -0.4 is 9.64 Å². The number of carbonyl (C=O) groups is 1. The number of carbonyl (C=O) groups excluding carboxylic acids is 1. The van der Waals surface area contributed by atoms with Gasteiger partial charge < -0.3 is 14.5 Å². The van der Waals surface area contributed by atoms with Crippen LogP contribution in [0.4, 0.5) is 5.82 Å². The van der Waals surface area contributed by atoms with E-state index >= 15 is 0 Å². The SMILES string of the molecule is CC(=O)N(C)CCN(C)c1cncc(Oc2ccc(C3CCCCC3)cc2)n1. The molecule has 6 heteroatoms. The van der Waals surface area contributed by atoms with Gasteiger partial charge in [0.25, 0.3) is 0 Å². The van der Waals surface area contributed by atoms with Crippen molar-refractivity contribution >= 4 is 11.7 Å². The van der Waals surface area contributed by atoms with Gasteiger partial charge in [-0.2, -0.15) is 4.98 Å². The number of hydrogen-bond donors (Lipinski definition) is 0. The second-order valence-electron chi connectivity index (χ2n) is 7.58. The highest BCUT2D eigenvalue weighted by atomic mass is 16.5. The van der Waals surface area contributed by atoms with Crippen molar-refractivity contribution in [2.45, 2.75) is 44.9 Å². The molecule has 6 nitrogen and oxygen atoms in total. The summed E-state index contributed by atoms with van der Waals surface area (Å²) in [5.74, 6) is 2.69. The largest absolute Gasteiger partial charge is 0.437 e. The topological polar surface area (TPSA) is 58.6 Å². The van der Waals surface area contributed by atoms with E-state index in [-0.39, 0.29) is 5.91 Å². The monoisotopic (exact) mass is 382 g/mol. The van der Waals surface area contributed by atoms with Gasteiger partial charge in [0, 0.05) is 34.1 Å². The lowest BCUT2D eigenvalue weighted by atomic mass is 9.84. The quantitative estimate of drug-likeness (QED) is 0.717. The van der Waals surface area contributed by atoms with Crippen LogP contribution in [0, 0.1) is 0 Å². The zero-order valence-corrected chi connectivity index (χ0v) is 17.1. The first-order chi connectivity index (χ1) is 13.5. The number of rotatable bonds is 7. The van der Waals surface area contributed by atoms with Gasteiger partial charge in [0.1, 0.15) is 5.75 Å². The Morgan fingerprint density at radius 2 is 1.79 bits per heavy atom. The predicted octanol–water partition coefficient (Wildman–Crippen LogP) is 4.23. The van der Waals surface area contributed by atoms with Gasteiger partial charge in [0.2, 0.25) is 11.8 Å². The van der Waals surface area contributed by atoms with Crippen molar-refractivity contribution in [2.75, 3.05) is 32.1 Å². The summed E-state index contributed by atoms with van der Waals surface area (Å²) >= 11 is 0. The summed E-state index contributed by atoms with van der Waals surface area (Å²) in [5.41, 5.74) is 1.40. The van der Waals surface area contributed by atoms with E-state index in [4.69, 9.17) is 4.74 Å². The molecule has 1 amide bonds. The first-order valence-electron chi connectivity index (χ1n) is 10.1. The Labute approximate surface area is 167 Å². The Kier molecular flexibility index (Phi) is 6.85. The summed E-state index contributed by atoms with van der Waals surface area (Å²) in [4.78, 5) is 23.8. The fourth-order valence-electron chi connectivity index (χ4n) is 3.51. The van der Waals surface area contributed by atoms with E-state index in [1.54, 1.807) is 31.3 Å². The van der Waals surface area contributed by atoms with Crippen LogP contribution in [0.25, 0.3) is 0 Å². The Morgan fingerprint density at radius 1 is 1.07 bits per heavy atom. The Morgan fingerprint density at radius 3 is 2.46 bits per heavy atom. The van der Waals surface area contributed by atoms with E-state index in [2.05, 4.69) is 22.1 Å². The van der Waals surface area contributed by atoms with Crippen molar-refractivity contribution in [2.24, 2.45) is 0 Å². The van der Waals surface area contributed by atoms with Gasteiger partial charge in [-0.25, -0.2) is 0 Å². The highest BCUT2D eigenvalue weighted by molar-refractivity contribution is 5.72. The molecule has 1 fully saturated rings. The first kappa shape index (κ1) is 20.1. The third kappa shape index (κ3) is 5.44. The van der Waals surface area contributed by atoms with Gasteiger partial charge in [-0.15, -0.1) is 0 Å². The molecule has 0 N–H and O–H groups in total. The van der Waals surface area contributed by atoms with Crippen LogP contribution in [0.5, 0.6) is 11.6 Å². The number of amides is 1. The summed E-state index contributed by atoms with van der Waals surface area (Å²) in [6.45, 7) is 2.86. The second kappa shape index (κ2) is 9.53. The molecule has 1 aromatic heterocycles. The average Bonchev–Trinajstić information content (AvgIpc) is 2.73. The van der Waals surface area contributed by atoms with Crippen LogP contribution in [0.2, 0.25) is 0 Å². The molecule has 0 unspecified atom stereocenters. The molecule has 0 bridgehead atoms. The van der Waals surface area contributed by atoms with Crippen molar-refractivity contribution in [1.29, 1.82) is 0 Å². The van der Waals surface area contributed by atoms with Crippen molar-refractivity contribution in [1.82, 2.24) is 14.9 Å². The summed E-state index contributed by atoms with van der Waals surface area (Å²) in [6, 6.07) is 8.38. The van der Waals surface area contributed by atoms with E-state index in [0.29, 0.717) is 30.7 Å². The molecule has 0 aliphatic heterocycles. The maximum Gasteiger partial charge on any atom is 0.239 e. The van der Waals surface area contributed by atoms with Gasteiger partial charge in [0.05, 0.1) is 12.4 Å². The van der Waals surface area contributed by atoms with Crippen LogP contribution in [0.3, 0.4) is 0 Å². The highest BCUT2D eigenvalue weighted by Crippen LogP contribution is 2.33. The van der Waals surface area contributed by atoms with Gasteiger partial charge in [-0.3, -0.25) is 9.78 Å². The number of ether oxygens (including phenoxy) is 1. The average molecular weight is 383 g/mol. The normalized spacial score (nSPS) is 14.5. The van der Waals surface area contributed by atoms with Crippen LogP contribution in [-0.4, -0.2) is 48.0 Å². The van der Waals surface area contributed by atoms with E-state index < -0.39 is 0 Å².